The Morgan fingerprint density at radius 3 is 2.27 bits per heavy atom. The van der Waals surface area contributed by atoms with Crippen molar-refractivity contribution < 1.29 is 9.59 Å². The van der Waals surface area contributed by atoms with Crippen molar-refractivity contribution in [2.45, 2.75) is 13.8 Å². The number of aromatic nitrogens is 1. The van der Waals surface area contributed by atoms with Crippen LogP contribution in [-0.4, -0.2) is 70.9 Å². The first-order chi connectivity index (χ1) is 12.6. The summed E-state index contributed by atoms with van der Waals surface area (Å²) in [5, 5.41) is 2.67. The fraction of sp³-hybridized carbons (Fsp3) is 0.421. The van der Waals surface area contributed by atoms with Crippen molar-refractivity contribution in [3.05, 3.63) is 41.4 Å². The predicted octanol–water partition coefficient (Wildman–Crippen LogP) is 3.03. The van der Waals surface area contributed by atoms with Crippen LogP contribution >= 0.6 is 11.3 Å². The molecule has 3 amide bonds. The van der Waals surface area contributed by atoms with Crippen LogP contribution in [0.4, 0.5) is 4.79 Å². The summed E-state index contributed by atoms with van der Waals surface area (Å²) in [6.45, 7) is 7.59. The third kappa shape index (κ3) is 3.88. The van der Waals surface area contributed by atoms with Crippen molar-refractivity contribution in [2.24, 2.45) is 0 Å². The molecule has 0 spiro atoms. The molecule has 1 aromatic carbocycles. The molecule has 2 heterocycles. The van der Waals surface area contributed by atoms with E-state index in [1.807, 2.05) is 59.4 Å². The SMILES string of the molecule is CCN(CC)C(=O)N1CCN(C(=O)c2csc(-c3ccccc3)n2)CC1. The summed E-state index contributed by atoms with van der Waals surface area (Å²) in [7, 11) is 0. The van der Waals surface area contributed by atoms with Crippen LogP contribution in [0.5, 0.6) is 0 Å². The Balaban J connectivity index is 1.61. The van der Waals surface area contributed by atoms with Gasteiger partial charge in [0, 0.05) is 50.2 Å². The highest BCUT2D eigenvalue weighted by molar-refractivity contribution is 7.13. The molecule has 138 valence electrons. The van der Waals surface area contributed by atoms with E-state index in [0.29, 0.717) is 45.0 Å². The van der Waals surface area contributed by atoms with Gasteiger partial charge in [-0.3, -0.25) is 4.79 Å². The molecule has 7 heteroatoms. The molecule has 0 radical (unpaired) electrons. The molecular weight excluding hydrogens is 348 g/mol. The number of carbonyl (C=O) groups excluding carboxylic acids is 2. The van der Waals surface area contributed by atoms with Gasteiger partial charge in [0.25, 0.3) is 5.91 Å². The topological polar surface area (TPSA) is 56.8 Å². The monoisotopic (exact) mass is 372 g/mol. The van der Waals surface area contributed by atoms with Gasteiger partial charge in [0.15, 0.2) is 0 Å². The summed E-state index contributed by atoms with van der Waals surface area (Å²) in [5.41, 5.74) is 1.50. The van der Waals surface area contributed by atoms with E-state index in [1.54, 1.807) is 4.90 Å². The maximum absolute atomic E-state index is 12.7. The van der Waals surface area contributed by atoms with Gasteiger partial charge in [0.2, 0.25) is 0 Å². The van der Waals surface area contributed by atoms with Crippen molar-refractivity contribution >= 4 is 23.3 Å². The van der Waals surface area contributed by atoms with Crippen LogP contribution in [-0.2, 0) is 0 Å². The standard InChI is InChI=1S/C19H24N4O2S/c1-3-21(4-2)19(25)23-12-10-22(11-13-23)18(24)16-14-26-17(20-16)15-8-6-5-7-9-15/h5-9,14H,3-4,10-13H2,1-2H3. The Morgan fingerprint density at radius 1 is 1.04 bits per heavy atom. The van der Waals surface area contributed by atoms with E-state index in [4.69, 9.17) is 0 Å². The third-order valence-electron chi connectivity index (χ3n) is 4.62. The average Bonchev–Trinajstić information content (AvgIpc) is 3.19. The summed E-state index contributed by atoms with van der Waals surface area (Å²) in [5.74, 6) is -0.0571. The van der Waals surface area contributed by atoms with Gasteiger partial charge in [-0.15, -0.1) is 11.3 Å². The number of carbonyl (C=O) groups is 2. The van der Waals surface area contributed by atoms with Gasteiger partial charge in [0.05, 0.1) is 0 Å². The average molecular weight is 372 g/mol. The number of hydrogen-bond acceptors (Lipinski definition) is 4. The normalized spacial score (nSPS) is 14.4. The number of amides is 3. The number of piperazine rings is 1. The lowest BCUT2D eigenvalue weighted by Crippen LogP contribution is -2.54. The third-order valence-corrected chi connectivity index (χ3v) is 5.51. The van der Waals surface area contributed by atoms with E-state index >= 15 is 0 Å². The minimum absolute atomic E-state index is 0.0571. The second-order valence-electron chi connectivity index (χ2n) is 6.14. The Kier molecular flexibility index (Phi) is 5.88. The largest absolute Gasteiger partial charge is 0.334 e. The van der Waals surface area contributed by atoms with E-state index in [2.05, 4.69) is 4.98 Å². The van der Waals surface area contributed by atoms with Gasteiger partial charge in [0.1, 0.15) is 10.7 Å². The number of hydrogen-bond donors (Lipinski definition) is 0. The summed E-state index contributed by atoms with van der Waals surface area (Å²) >= 11 is 1.48. The lowest BCUT2D eigenvalue weighted by atomic mass is 10.2. The van der Waals surface area contributed by atoms with Crippen LogP contribution in [0.1, 0.15) is 24.3 Å². The number of nitrogens with zero attached hydrogens (tertiary/aromatic N) is 4. The van der Waals surface area contributed by atoms with Crippen LogP contribution in [0.25, 0.3) is 10.6 Å². The van der Waals surface area contributed by atoms with Crippen molar-refractivity contribution in [2.75, 3.05) is 39.3 Å². The zero-order valence-corrected chi connectivity index (χ0v) is 16.0. The smallest absolute Gasteiger partial charge is 0.320 e. The molecular formula is C19H24N4O2S. The summed E-state index contributed by atoms with van der Waals surface area (Å²) in [4.78, 5) is 35.1. The van der Waals surface area contributed by atoms with Crippen LogP contribution in [0.2, 0.25) is 0 Å². The van der Waals surface area contributed by atoms with E-state index < -0.39 is 0 Å². The maximum Gasteiger partial charge on any atom is 0.320 e. The molecule has 0 N–H and O–H groups in total. The van der Waals surface area contributed by atoms with Crippen molar-refractivity contribution in [3.63, 3.8) is 0 Å². The second-order valence-corrected chi connectivity index (χ2v) is 7.00. The molecule has 1 aliphatic rings. The summed E-state index contributed by atoms with van der Waals surface area (Å²) in [6, 6.07) is 9.92. The van der Waals surface area contributed by atoms with Crippen molar-refractivity contribution in [1.29, 1.82) is 0 Å². The van der Waals surface area contributed by atoms with E-state index in [9.17, 15) is 9.59 Å². The van der Waals surface area contributed by atoms with Crippen LogP contribution < -0.4 is 0 Å². The fourth-order valence-corrected chi connectivity index (χ4v) is 3.84. The zero-order chi connectivity index (χ0) is 18.5. The molecule has 1 aromatic heterocycles. The molecule has 0 bridgehead atoms. The van der Waals surface area contributed by atoms with Crippen LogP contribution in [0, 0.1) is 0 Å². The predicted molar refractivity (Wildman–Crippen MR) is 103 cm³/mol. The Morgan fingerprint density at radius 2 is 1.65 bits per heavy atom. The molecule has 2 aromatic rings. The first-order valence-corrected chi connectivity index (χ1v) is 9.86. The molecule has 3 rings (SSSR count). The minimum Gasteiger partial charge on any atom is -0.334 e. The van der Waals surface area contributed by atoms with Gasteiger partial charge >= 0.3 is 6.03 Å². The van der Waals surface area contributed by atoms with Gasteiger partial charge < -0.3 is 14.7 Å². The Labute approximate surface area is 158 Å². The molecule has 0 atom stereocenters. The first-order valence-electron chi connectivity index (χ1n) is 8.98. The summed E-state index contributed by atoms with van der Waals surface area (Å²) in [6.07, 6.45) is 0. The van der Waals surface area contributed by atoms with Crippen LogP contribution in [0.3, 0.4) is 0 Å². The van der Waals surface area contributed by atoms with Crippen molar-refractivity contribution in [3.8, 4) is 10.6 Å². The molecule has 1 saturated heterocycles. The Bertz CT molecular complexity index is 750. The maximum atomic E-state index is 12.7. The second kappa shape index (κ2) is 8.31. The molecule has 26 heavy (non-hydrogen) atoms. The molecule has 1 aliphatic heterocycles. The highest BCUT2D eigenvalue weighted by Crippen LogP contribution is 2.24. The number of thiazole rings is 1. The lowest BCUT2D eigenvalue weighted by molar-refractivity contribution is 0.0637. The minimum atomic E-state index is -0.0571. The lowest BCUT2D eigenvalue weighted by Gasteiger charge is -2.36. The van der Waals surface area contributed by atoms with E-state index in [-0.39, 0.29) is 11.9 Å². The van der Waals surface area contributed by atoms with Gasteiger partial charge in [-0.05, 0) is 13.8 Å². The van der Waals surface area contributed by atoms with Gasteiger partial charge in [-0.25, -0.2) is 9.78 Å². The summed E-state index contributed by atoms with van der Waals surface area (Å²) < 4.78 is 0. The highest BCUT2D eigenvalue weighted by Gasteiger charge is 2.27. The number of rotatable bonds is 4. The quantitative estimate of drug-likeness (QED) is 0.829. The number of urea groups is 1. The molecule has 6 nitrogen and oxygen atoms in total. The van der Waals surface area contributed by atoms with Crippen molar-refractivity contribution in [1.82, 2.24) is 19.7 Å². The number of benzene rings is 1. The molecule has 1 fully saturated rings. The first kappa shape index (κ1) is 18.4. The molecule has 0 saturated carbocycles. The van der Waals surface area contributed by atoms with Gasteiger partial charge in [-0.1, -0.05) is 30.3 Å². The Hall–Kier alpha value is -2.41. The van der Waals surface area contributed by atoms with Gasteiger partial charge in [-0.2, -0.15) is 0 Å². The van der Waals surface area contributed by atoms with E-state index in [1.165, 1.54) is 11.3 Å². The molecule has 0 aliphatic carbocycles. The van der Waals surface area contributed by atoms with Crippen LogP contribution in [0.15, 0.2) is 35.7 Å². The zero-order valence-electron chi connectivity index (χ0n) is 15.2. The highest BCUT2D eigenvalue weighted by atomic mass is 32.1. The fourth-order valence-electron chi connectivity index (χ4n) is 3.04. The molecule has 0 unspecified atom stereocenters. The van der Waals surface area contributed by atoms with E-state index in [0.717, 1.165) is 10.6 Å².